The molecule has 9 heteroatoms. The molecule has 0 aromatic carbocycles. The van der Waals surface area contributed by atoms with Gasteiger partial charge in [-0.1, -0.05) is 17.8 Å². The third kappa shape index (κ3) is 2.50. The molecule has 4 atom stereocenters. The molecule has 2 aromatic heterocycles. The summed E-state index contributed by atoms with van der Waals surface area (Å²) in [6.07, 6.45) is -0.823. The predicted molar refractivity (Wildman–Crippen MR) is 79.3 cm³/mol. The smallest absolute Gasteiger partial charge is 0.143 e. The highest BCUT2D eigenvalue weighted by molar-refractivity contribution is 7.99. The number of hydrogen-bond acceptors (Lipinski definition) is 8. The number of H-pyrrole nitrogens is 1. The van der Waals surface area contributed by atoms with Crippen molar-refractivity contribution in [3.8, 4) is 0 Å². The van der Waals surface area contributed by atoms with E-state index in [1.54, 1.807) is 6.08 Å². The van der Waals surface area contributed by atoms with Crippen LogP contribution in [0.15, 0.2) is 24.0 Å². The maximum Gasteiger partial charge on any atom is 0.143 e. The van der Waals surface area contributed by atoms with Crippen molar-refractivity contribution in [2.24, 2.45) is 0 Å². The Kier molecular flexibility index (Phi) is 4.41. The molecular formula is C13H16N4O4S. The van der Waals surface area contributed by atoms with Crippen molar-refractivity contribution in [3.05, 3.63) is 24.7 Å². The molecule has 22 heavy (non-hydrogen) atoms. The van der Waals surface area contributed by atoms with Crippen LogP contribution in [0.2, 0.25) is 0 Å². The van der Waals surface area contributed by atoms with E-state index in [2.05, 4.69) is 26.7 Å². The monoisotopic (exact) mass is 324 g/mol. The SMILES string of the molecule is C=CCSc1ncnc2c(C3OC(CO)C(O)C3O)[nH]nc12. The molecule has 4 N–H and O–H groups in total. The normalized spacial score (nSPS) is 28.3. The lowest BCUT2D eigenvalue weighted by molar-refractivity contribution is -0.0236. The molecule has 2 aromatic rings. The van der Waals surface area contributed by atoms with E-state index >= 15 is 0 Å². The highest BCUT2D eigenvalue weighted by atomic mass is 32.2. The summed E-state index contributed by atoms with van der Waals surface area (Å²) >= 11 is 1.47. The largest absolute Gasteiger partial charge is 0.394 e. The Bertz CT molecular complexity index is 679. The summed E-state index contributed by atoms with van der Waals surface area (Å²) in [5.74, 6) is 0.683. The Morgan fingerprint density at radius 3 is 2.82 bits per heavy atom. The summed E-state index contributed by atoms with van der Waals surface area (Å²) in [5.41, 5.74) is 1.55. The molecule has 0 aliphatic carbocycles. The highest BCUT2D eigenvalue weighted by Crippen LogP contribution is 2.36. The van der Waals surface area contributed by atoms with Crippen LogP contribution in [0.25, 0.3) is 11.0 Å². The van der Waals surface area contributed by atoms with Crippen molar-refractivity contribution in [1.29, 1.82) is 0 Å². The number of hydrogen-bond donors (Lipinski definition) is 4. The third-order valence-electron chi connectivity index (χ3n) is 3.50. The zero-order chi connectivity index (χ0) is 15.7. The Hall–Kier alpha value is -1.52. The van der Waals surface area contributed by atoms with Crippen LogP contribution in [-0.4, -0.2) is 66.2 Å². The van der Waals surface area contributed by atoms with E-state index in [-0.39, 0.29) is 6.61 Å². The molecule has 0 radical (unpaired) electrons. The van der Waals surface area contributed by atoms with Crippen LogP contribution in [0.3, 0.4) is 0 Å². The second-order valence-corrected chi connectivity index (χ2v) is 5.88. The van der Waals surface area contributed by atoms with Crippen LogP contribution in [0.5, 0.6) is 0 Å². The predicted octanol–water partition coefficient (Wildman–Crippen LogP) is -0.215. The van der Waals surface area contributed by atoms with Crippen LogP contribution in [0, 0.1) is 0 Å². The van der Waals surface area contributed by atoms with Gasteiger partial charge < -0.3 is 20.1 Å². The lowest BCUT2D eigenvalue weighted by atomic mass is 10.1. The number of rotatable bonds is 5. The van der Waals surface area contributed by atoms with Crippen molar-refractivity contribution in [1.82, 2.24) is 20.2 Å². The molecule has 3 heterocycles. The molecule has 1 aliphatic heterocycles. The molecule has 1 saturated heterocycles. The summed E-state index contributed by atoms with van der Waals surface area (Å²) < 4.78 is 5.50. The van der Waals surface area contributed by atoms with E-state index in [0.717, 1.165) is 0 Å². The van der Waals surface area contributed by atoms with Gasteiger partial charge in [0.15, 0.2) is 0 Å². The van der Waals surface area contributed by atoms with Gasteiger partial charge in [-0.3, -0.25) is 5.10 Å². The number of fused-ring (bicyclic) bond motifs is 1. The fourth-order valence-corrected chi connectivity index (χ4v) is 3.09. The Morgan fingerprint density at radius 1 is 1.32 bits per heavy atom. The van der Waals surface area contributed by atoms with Crippen LogP contribution in [0.1, 0.15) is 11.8 Å². The minimum atomic E-state index is -1.17. The number of aromatic amines is 1. The van der Waals surface area contributed by atoms with Crippen LogP contribution in [-0.2, 0) is 4.74 Å². The van der Waals surface area contributed by atoms with Gasteiger partial charge in [0.05, 0.1) is 12.3 Å². The second-order valence-electron chi connectivity index (χ2n) is 4.87. The average Bonchev–Trinajstić information content (AvgIpc) is 3.08. The molecule has 0 amide bonds. The lowest BCUT2D eigenvalue weighted by Gasteiger charge is -2.12. The fourth-order valence-electron chi connectivity index (χ4n) is 2.41. The van der Waals surface area contributed by atoms with Crippen molar-refractivity contribution in [2.45, 2.75) is 29.4 Å². The number of aliphatic hydroxyl groups excluding tert-OH is 3. The summed E-state index contributed by atoms with van der Waals surface area (Å²) in [6, 6.07) is 0. The van der Waals surface area contributed by atoms with Crippen molar-refractivity contribution < 1.29 is 20.1 Å². The standard InChI is InChI=1S/C13H16N4O4S/c1-2-3-22-13-9-7(14-5-15-13)8(16-17-9)12-11(20)10(19)6(4-18)21-12/h2,5-6,10-12,18-20H,1,3-4H2,(H,16,17). The Balaban J connectivity index is 1.97. The second kappa shape index (κ2) is 6.31. The van der Waals surface area contributed by atoms with E-state index in [1.807, 2.05) is 0 Å². The van der Waals surface area contributed by atoms with E-state index in [1.165, 1.54) is 18.1 Å². The maximum absolute atomic E-state index is 10.1. The van der Waals surface area contributed by atoms with Gasteiger partial charge in [-0.2, -0.15) is 5.10 Å². The van der Waals surface area contributed by atoms with Crippen LogP contribution < -0.4 is 0 Å². The Morgan fingerprint density at radius 2 is 2.14 bits per heavy atom. The highest BCUT2D eigenvalue weighted by Gasteiger charge is 2.44. The van der Waals surface area contributed by atoms with Gasteiger partial charge in [-0.05, 0) is 0 Å². The van der Waals surface area contributed by atoms with E-state index < -0.39 is 24.4 Å². The van der Waals surface area contributed by atoms with Crippen LogP contribution >= 0.6 is 11.8 Å². The summed E-state index contributed by atoms with van der Waals surface area (Å²) in [5, 5.41) is 36.8. The summed E-state index contributed by atoms with van der Waals surface area (Å²) in [4.78, 5) is 8.36. The van der Waals surface area contributed by atoms with E-state index in [0.29, 0.717) is 27.5 Å². The van der Waals surface area contributed by atoms with Crippen molar-refractivity contribution >= 4 is 22.8 Å². The van der Waals surface area contributed by atoms with Crippen molar-refractivity contribution in [3.63, 3.8) is 0 Å². The molecule has 4 unspecified atom stereocenters. The maximum atomic E-state index is 10.1. The van der Waals surface area contributed by atoms with Crippen LogP contribution in [0.4, 0.5) is 0 Å². The third-order valence-corrected chi connectivity index (χ3v) is 4.47. The van der Waals surface area contributed by atoms with Gasteiger partial charge in [0, 0.05) is 5.75 Å². The Labute approximate surface area is 130 Å². The topological polar surface area (TPSA) is 124 Å². The van der Waals surface area contributed by atoms with Gasteiger partial charge in [0.1, 0.15) is 46.8 Å². The summed E-state index contributed by atoms with van der Waals surface area (Å²) in [6.45, 7) is 3.28. The average molecular weight is 324 g/mol. The molecule has 0 spiro atoms. The first-order chi connectivity index (χ1) is 10.7. The first kappa shape index (κ1) is 15.4. The molecule has 8 nitrogen and oxygen atoms in total. The van der Waals surface area contributed by atoms with Gasteiger partial charge in [0.2, 0.25) is 0 Å². The van der Waals surface area contributed by atoms with E-state index in [4.69, 9.17) is 9.84 Å². The van der Waals surface area contributed by atoms with E-state index in [9.17, 15) is 10.2 Å². The number of aromatic nitrogens is 4. The first-order valence-electron chi connectivity index (χ1n) is 6.72. The zero-order valence-corrected chi connectivity index (χ0v) is 12.4. The first-order valence-corrected chi connectivity index (χ1v) is 7.71. The molecule has 0 bridgehead atoms. The number of thioether (sulfide) groups is 1. The van der Waals surface area contributed by atoms with Gasteiger partial charge in [-0.25, -0.2) is 9.97 Å². The number of ether oxygens (including phenoxy) is 1. The van der Waals surface area contributed by atoms with Gasteiger partial charge in [0.25, 0.3) is 0 Å². The minimum absolute atomic E-state index is 0.379. The minimum Gasteiger partial charge on any atom is -0.394 e. The summed E-state index contributed by atoms with van der Waals surface area (Å²) in [7, 11) is 0. The lowest BCUT2D eigenvalue weighted by Crippen LogP contribution is -2.32. The zero-order valence-electron chi connectivity index (χ0n) is 11.6. The molecule has 1 aliphatic rings. The molecular weight excluding hydrogens is 308 g/mol. The quantitative estimate of drug-likeness (QED) is 0.338. The van der Waals surface area contributed by atoms with Gasteiger partial charge in [-0.15, -0.1) is 6.58 Å². The number of nitrogens with one attached hydrogen (secondary N) is 1. The molecule has 0 saturated carbocycles. The molecule has 3 rings (SSSR count). The molecule has 118 valence electrons. The fraction of sp³-hybridized carbons (Fsp3) is 0.462. The molecule has 1 fully saturated rings. The van der Waals surface area contributed by atoms with Crippen molar-refractivity contribution in [2.75, 3.05) is 12.4 Å². The number of aliphatic hydroxyl groups is 3. The van der Waals surface area contributed by atoms with Gasteiger partial charge >= 0.3 is 0 Å². The number of nitrogens with zero attached hydrogens (tertiary/aromatic N) is 3.